The monoisotopic (exact) mass is 771 g/mol. The van der Waals surface area contributed by atoms with Gasteiger partial charge in [-0.1, -0.05) is 153 Å². The summed E-state index contributed by atoms with van der Waals surface area (Å²) >= 11 is 0. The van der Waals surface area contributed by atoms with E-state index in [9.17, 15) is 0 Å². The Balaban J connectivity index is 0.000000189. The lowest BCUT2D eigenvalue weighted by Crippen LogP contribution is -2.17. The summed E-state index contributed by atoms with van der Waals surface area (Å²) in [7, 11) is 0. The molecule has 1 aliphatic carbocycles. The third-order valence-corrected chi connectivity index (χ3v) is 11.8. The maximum Gasteiger partial charge on any atom is 0.0541 e. The van der Waals surface area contributed by atoms with Crippen LogP contribution in [0.4, 0.5) is 34.1 Å². The molecule has 0 fully saturated rings. The molecule has 1 aromatic heterocycles. The average Bonchev–Trinajstić information content (AvgIpc) is 3.76. The van der Waals surface area contributed by atoms with Crippen LogP contribution >= 0.6 is 0 Å². The molecular weight excluding hydrogens is 727 g/mol. The quantitative estimate of drug-likeness (QED) is 0.160. The highest BCUT2D eigenvalue weighted by Gasteiger charge is 2.37. The minimum Gasteiger partial charge on any atom is -0.310 e. The van der Waals surface area contributed by atoms with Crippen LogP contribution < -0.4 is 9.80 Å². The van der Waals surface area contributed by atoms with Gasteiger partial charge in [0, 0.05) is 56.0 Å². The molecule has 0 saturated heterocycles. The number of fused-ring (bicyclic) bond motifs is 6. The lowest BCUT2D eigenvalue weighted by Gasteiger charge is -2.29. The summed E-state index contributed by atoms with van der Waals surface area (Å²) in [6.45, 7) is 4.71. The van der Waals surface area contributed by atoms with Gasteiger partial charge in [-0.25, -0.2) is 0 Å². The van der Waals surface area contributed by atoms with Gasteiger partial charge >= 0.3 is 0 Å². The highest BCUT2D eigenvalue weighted by Crippen LogP contribution is 2.52. The molecule has 0 amide bonds. The van der Waals surface area contributed by atoms with E-state index in [0.29, 0.717) is 0 Å². The van der Waals surface area contributed by atoms with E-state index in [1.807, 2.05) is 0 Å². The van der Waals surface area contributed by atoms with Crippen molar-refractivity contribution in [3.8, 4) is 16.8 Å². The van der Waals surface area contributed by atoms with Gasteiger partial charge in [-0.2, -0.15) is 0 Å². The van der Waals surface area contributed by atoms with Crippen LogP contribution in [-0.4, -0.2) is 4.57 Å². The van der Waals surface area contributed by atoms with Gasteiger partial charge in [0.15, 0.2) is 0 Å². The molecule has 0 spiro atoms. The van der Waals surface area contributed by atoms with Gasteiger partial charge in [0.2, 0.25) is 0 Å². The van der Waals surface area contributed by atoms with E-state index in [1.165, 1.54) is 49.7 Å². The van der Waals surface area contributed by atoms with Gasteiger partial charge in [-0.05, 0) is 119 Å². The summed E-state index contributed by atoms with van der Waals surface area (Å²) in [6, 6.07) is 84.1. The number of hydrogen-bond donors (Lipinski definition) is 0. The lowest BCUT2D eigenvalue weighted by molar-refractivity contribution is 0.660. The largest absolute Gasteiger partial charge is 0.310 e. The van der Waals surface area contributed by atoms with Crippen molar-refractivity contribution in [3.63, 3.8) is 0 Å². The SMILES string of the molecule is CC1(C)c2cc(N(c3ccccc3)c3ccccc3)ccc2-c2ccc(N(c3ccccc3)c3ccccc3)cc21.c1ccc(-n2c3ccccc3c3ccccc32)cc1. The van der Waals surface area contributed by atoms with Gasteiger partial charge in [-0.15, -0.1) is 0 Å². The highest BCUT2D eigenvalue weighted by molar-refractivity contribution is 6.09. The molecule has 0 bridgehead atoms. The van der Waals surface area contributed by atoms with E-state index < -0.39 is 0 Å². The van der Waals surface area contributed by atoms with Crippen molar-refractivity contribution < 1.29 is 0 Å². The summed E-state index contributed by atoms with van der Waals surface area (Å²) in [5.74, 6) is 0. The van der Waals surface area contributed by atoms with Crippen LogP contribution in [0, 0.1) is 0 Å². The summed E-state index contributed by atoms with van der Waals surface area (Å²) in [4.78, 5) is 4.69. The number of benzene rings is 9. The molecule has 0 unspecified atom stereocenters. The fraction of sp³-hybridized carbons (Fsp3) is 0.0526. The maximum atomic E-state index is 2.39. The molecule has 0 saturated carbocycles. The number of para-hydroxylation sites is 7. The topological polar surface area (TPSA) is 11.4 Å². The van der Waals surface area contributed by atoms with E-state index in [0.717, 1.165) is 34.1 Å². The third-order valence-electron chi connectivity index (χ3n) is 11.8. The first-order chi connectivity index (χ1) is 29.6. The van der Waals surface area contributed by atoms with E-state index in [2.05, 4.69) is 265 Å². The maximum absolute atomic E-state index is 2.39. The van der Waals surface area contributed by atoms with Crippen molar-refractivity contribution in [3.05, 3.63) is 248 Å². The van der Waals surface area contributed by atoms with E-state index >= 15 is 0 Å². The van der Waals surface area contributed by atoms with E-state index in [-0.39, 0.29) is 5.41 Å². The highest BCUT2D eigenvalue weighted by atomic mass is 15.1. The smallest absolute Gasteiger partial charge is 0.0541 e. The molecule has 3 nitrogen and oxygen atoms in total. The minimum absolute atomic E-state index is 0.158. The molecule has 0 atom stereocenters. The Hall–Kier alpha value is -7.62. The predicted octanol–water partition coefficient (Wildman–Crippen LogP) is 15.7. The molecule has 1 aliphatic rings. The van der Waals surface area contributed by atoms with Crippen molar-refractivity contribution in [1.82, 2.24) is 4.57 Å². The van der Waals surface area contributed by atoms with Gasteiger partial charge in [0.25, 0.3) is 0 Å². The fourth-order valence-electron chi connectivity index (χ4n) is 8.97. The number of aromatic nitrogens is 1. The Morgan fingerprint density at radius 2 is 0.633 bits per heavy atom. The lowest BCUT2D eigenvalue weighted by atomic mass is 9.82. The normalized spacial score (nSPS) is 12.3. The first-order valence-electron chi connectivity index (χ1n) is 20.7. The van der Waals surface area contributed by atoms with Crippen molar-refractivity contribution in [1.29, 1.82) is 0 Å². The second-order valence-corrected chi connectivity index (χ2v) is 15.8. The summed E-state index contributed by atoms with van der Waals surface area (Å²) in [6.07, 6.45) is 0. The number of nitrogens with zero attached hydrogens (tertiary/aromatic N) is 3. The van der Waals surface area contributed by atoms with Gasteiger partial charge < -0.3 is 14.4 Å². The van der Waals surface area contributed by atoms with Crippen LogP contribution in [0.15, 0.2) is 237 Å². The van der Waals surface area contributed by atoms with Crippen LogP contribution in [0.25, 0.3) is 38.6 Å². The van der Waals surface area contributed by atoms with Gasteiger partial charge in [0.1, 0.15) is 0 Å². The molecule has 60 heavy (non-hydrogen) atoms. The minimum atomic E-state index is -0.158. The molecule has 11 rings (SSSR count). The molecule has 10 aromatic rings. The van der Waals surface area contributed by atoms with E-state index in [4.69, 9.17) is 0 Å². The second-order valence-electron chi connectivity index (χ2n) is 15.8. The standard InChI is InChI=1S/C39H32N2.C18H13N/c1-39(2)37-27-33(40(29-15-7-3-8-16-29)30-17-9-4-10-18-30)23-25-35(37)36-26-24-34(28-38(36)39)41(31-19-11-5-12-20-31)32-21-13-6-14-22-32;1-2-8-14(9-3-1)19-17-12-6-4-10-15(17)16-11-5-7-13-18(16)19/h3-28H,1-2H3;1-13H. The summed E-state index contributed by atoms with van der Waals surface area (Å²) < 4.78 is 2.32. The number of anilines is 6. The Morgan fingerprint density at radius 3 is 1.00 bits per heavy atom. The Morgan fingerprint density at radius 1 is 0.317 bits per heavy atom. The van der Waals surface area contributed by atoms with E-state index in [1.54, 1.807) is 0 Å². The van der Waals surface area contributed by atoms with Crippen molar-refractivity contribution >= 4 is 55.9 Å². The van der Waals surface area contributed by atoms with Crippen LogP contribution in [0.3, 0.4) is 0 Å². The van der Waals surface area contributed by atoms with Crippen LogP contribution in [0.5, 0.6) is 0 Å². The average molecular weight is 772 g/mol. The molecule has 288 valence electrons. The fourth-order valence-corrected chi connectivity index (χ4v) is 8.97. The zero-order valence-electron chi connectivity index (χ0n) is 33.9. The predicted molar refractivity (Wildman–Crippen MR) is 254 cm³/mol. The van der Waals surface area contributed by atoms with Crippen LogP contribution in [0.1, 0.15) is 25.0 Å². The first-order valence-corrected chi connectivity index (χ1v) is 20.7. The summed E-state index contributed by atoms with van der Waals surface area (Å²) in [5, 5.41) is 2.61. The molecule has 3 heteroatoms. The molecule has 1 heterocycles. The van der Waals surface area contributed by atoms with Gasteiger partial charge in [0.05, 0.1) is 11.0 Å². The zero-order valence-corrected chi connectivity index (χ0v) is 33.9. The Bertz CT molecular complexity index is 2780. The second kappa shape index (κ2) is 15.6. The number of rotatable bonds is 7. The van der Waals surface area contributed by atoms with Crippen molar-refractivity contribution in [2.24, 2.45) is 0 Å². The Labute approximate surface area is 352 Å². The van der Waals surface area contributed by atoms with Crippen molar-refractivity contribution in [2.45, 2.75) is 19.3 Å². The molecule has 0 N–H and O–H groups in total. The molecule has 9 aromatic carbocycles. The van der Waals surface area contributed by atoms with Crippen molar-refractivity contribution in [2.75, 3.05) is 9.80 Å². The zero-order chi connectivity index (χ0) is 40.5. The Kier molecular flexibility index (Phi) is 9.55. The molecule has 0 aliphatic heterocycles. The molecular formula is C57H45N3. The number of hydrogen-bond acceptors (Lipinski definition) is 2. The van der Waals surface area contributed by atoms with Crippen LogP contribution in [-0.2, 0) is 5.41 Å². The van der Waals surface area contributed by atoms with Crippen LogP contribution in [0.2, 0.25) is 0 Å². The van der Waals surface area contributed by atoms with Gasteiger partial charge in [-0.3, -0.25) is 0 Å². The summed E-state index contributed by atoms with van der Waals surface area (Å²) in [5.41, 5.74) is 15.8. The first kappa shape index (κ1) is 36.7. The third kappa shape index (κ3) is 6.60. The molecule has 0 radical (unpaired) electrons.